The van der Waals surface area contributed by atoms with E-state index in [9.17, 15) is 17.6 Å². The molecular weight excluding hydrogens is 477 g/mol. The largest absolute Gasteiger partial charge is 0.457 e. The van der Waals surface area contributed by atoms with Crippen molar-refractivity contribution in [3.63, 3.8) is 0 Å². The SMILES string of the molecule is CCS(=O)(=O)c1ccc(CC(=O)Nc2ccc(-c3cccc(C)c3)c(Oc3cccc(F)c3)c2)cc1. The first kappa shape index (κ1) is 25.1. The summed E-state index contributed by atoms with van der Waals surface area (Å²) in [6, 6.07) is 25.5. The van der Waals surface area contributed by atoms with Gasteiger partial charge in [0.2, 0.25) is 5.91 Å². The summed E-state index contributed by atoms with van der Waals surface area (Å²) in [4.78, 5) is 13.0. The molecule has 0 atom stereocenters. The average Bonchev–Trinajstić information content (AvgIpc) is 2.84. The second-order valence-electron chi connectivity index (χ2n) is 8.41. The minimum Gasteiger partial charge on any atom is -0.457 e. The van der Waals surface area contributed by atoms with Crippen LogP contribution in [0.25, 0.3) is 11.1 Å². The number of amides is 1. The summed E-state index contributed by atoms with van der Waals surface area (Å²) in [5, 5.41) is 2.86. The molecule has 1 N–H and O–H groups in total. The minimum atomic E-state index is -3.29. The molecule has 0 radical (unpaired) electrons. The number of anilines is 1. The number of sulfone groups is 1. The lowest BCUT2D eigenvalue weighted by atomic mass is 10.0. The van der Waals surface area contributed by atoms with Crippen molar-refractivity contribution in [2.24, 2.45) is 0 Å². The number of benzene rings is 4. The molecule has 0 aliphatic carbocycles. The first-order valence-electron chi connectivity index (χ1n) is 11.5. The molecule has 0 aromatic heterocycles. The van der Waals surface area contributed by atoms with Crippen LogP contribution in [-0.2, 0) is 21.1 Å². The molecular formula is C29H26FNO4S. The summed E-state index contributed by atoms with van der Waals surface area (Å²) in [5.74, 6) is 0.159. The van der Waals surface area contributed by atoms with Crippen LogP contribution in [0.1, 0.15) is 18.1 Å². The van der Waals surface area contributed by atoms with E-state index in [-0.39, 0.29) is 23.0 Å². The number of halogens is 1. The molecule has 0 heterocycles. The van der Waals surface area contributed by atoms with E-state index < -0.39 is 15.7 Å². The van der Waals surface area contributed by atoms with Crippen molar-refractivity contribution >= 4 is 21.4 Å². The van der Waals surface area contributed by atoms with Gasteiger partial charge in [0.05, 0.1) is 17.1 Å². The number of carbonyl (C=O) groups is 1. The van der Waals surface area contributed by atoms with Gasteiger partial charge in [-0.2, -0.15) is 0 Å². The van der Waals surface area contributed by atoms with Crippen LogP contribution in [0.4, 0.5) is 10.1 Å². The fraction of sp³-hybridized carbons (Fsp3) is 0.138. The van der Waals surface area contributed by atoms with Gasteiger partial charge in [0.1, 0.15) is 17.3 Å². The zero-order chi connectivity index (χ0) is 25.7. The maximum Gasteiger partial charge on any atom is 0.228 e. The Hall–Kier alpha value is -3.97. The Morgan fingerprint density at radius 3 is 2.36 bits per heavy atom. The van der Waals surface area contributed by atoms with Gasteiger partial charge in [0.25, 0.3) is 0 Å². The predicted octanol–water partition coefficient (Wildman–Crippen LogP) is 6.57. The van der Waals surface area contributed by atoms with Crippen LogP contribution in [0.3, 0.4) is 0 Å². The van der Waals surface area contributed by atoms with E-state index in [1.807, 2.05) is 37.3 Å². The number of hydrogen-bond donors (Lipinski definition) is 1. The van der Waals surface area contributed by atoms with Crippen LogP contribution in [0.15, 0.2) is 95.9 Å². The van der Waals surface area contributed by atoms with Crippen molar-refractivity contribution in [1.82, 2.24) is 0 Å². The molecule has 184 valence electrons. The van der Waals surface area contributed by atoms with Crippen molar-refractivity contribution in [1.29, 1.82) is 0 Å². The average molecular weight is 504 g/mol. The molecule has 1 amide bonds. The zero-order valence-electron chi connectivity index (χ0n) is 20.0. The third kappa shape index (κ3) is 6.17. The molecule has 4 aromatic rings. The number of hydrogen-bond acceptors (Lipinski definition) is 4. The Bertz CT molecular complexity index is 1500. The Balaban J connectivity index is 1.57. The van der Waals surface area contributed by atoms with Gasteiger partial charge >= 0.3 is 0 Å². The van der Waals surface area contributed by atoms with Crippen molar-refractivity contribution in [2.75, 3.05) is 11.1 Å². The van der Waals surface area contributed by atoms with E-state index in [0.717, 1.165) is 16.7 Å². The molecule has 36 heavy (non-hydrogen) atoms. The van der Waals surface area contributed by atoms with E-state index >= 15 is 0 Å². The predicted molar refractivity (Wildman–Crippen MR) is 140 cm³/mol. The van der Waals surface area contributed by atoms with E-state index in [2.05, 4.69) is 5.32 Å². The first-order valence-corrected chi connectivity index (χ1v) is 13.1. The van der Waals surface area contributed by atoms with Crippen molar-refractivity contribution in [2.45, 2.75) is 25.2 Å². The number of aryl methyl sites for hydroxylation is 1. The molecule has 0 aliphatic heterocycles. The normalized spacial score (nSPS) is 11.2. The Labute approximate surface area is 210 Å². The molecule has 4 aromatic carbocycles. The van der Waals surface area contributed by atoms with Crippen LogP contribution in [0.5, 0.6) is 11.5 Å². The van der Waals surface area contributed by atoms with Gasteiger partial charge in [-0.05, 0) is 54.4 Å². The molecule has 0 bridgehead atoms. The second-order valence-corrected chi connectivity index (χ2v) is 10.7. The second kappa shape index (κ2) is 10.7. The summed E-state index contributed by atoms with van der Waals surface area (Å²) in [5.41, 5.74) is 4.03. The van der Waals surface area contributed by atoms with E-state index in [0.29, 0.717) is 22.7 Å². The number of carbonyl (C=O) groups excluding carboxylic acids is 1. The maximum atomic E-state index is 13.7. The van der Waals surface area contributed by atoms with Gasteiger partial charge in [-0.1, -0.05) is 55.0 Å². The topological polar surface area (TPSA) is 72.5 Å². The summed E-state index contributed by atoms with van der Waals surface area (Å²) >= 11 is 0. The smallest absolute Gasteiger partial charge is 0.228 e. The molecule has 0 saturated carbocycles. The lowest BCUT2D eigenvalue weighted by molar-refractivity contribution is -0.115. The molecule has 0 fully saturated rings. The fourth-order valence-electron chi connectivity index (χ4n) is 3.76. The molecule has 0 unspecified atom stereocenters. The van der Waals surface area contributed by atoms with Crippen molar-refractivity contribution in [3.8, 4) is 22.6 Å². The molecule has 0 aliphatic rings. The molecule has 5 nitrogen and oxygen atoms in total. The highest BCUT2D eigenvalue weighted by Gasteiger charge is 2.14. The van der Waals surface area contributed by atoms with Crippen LogP contribution < -0.4 is 10.1 Å². The molecule has 0 saturated heterocycles. The van der Waals surface area contributed by atoms with Gasteiger partial charge in [0.15, 0.2) is 9.84 Å². The Morgan fingerprint density at radius 2 is 1.67 bits per heavy atom. The minimum absolute atomic E-state index is 0.0193. The highest BCUT2D eigenvalue weighted by atomic mass is 32.2. The Kier molecular flexibility index (Phi) is 7.50. The summed E-state index contributed by atoms with van der Waals surface area (Å²) in [7, 11) is -3.29. The van der Waals surface area contributed by atoms with Crippen molar-refractivity contribution in [3.05, 3.63) is 108 Å². The molecule has 4 rings (SSSR count). The number of ether oxygens (including phenoxy) is 1. The van der Waals surface area contributed by atoms with E-state index in [1.54, 1.807) is 43.3 Å². The quantitative estimate of drug-likeness (QED) is 0.295. The summed E-state index contributed by atoms with van der Waals surface area (Å²) in [6.07, 6.45) is 0.0756. The van der Waals surface area contributed by atoms with Gasteiger partial charge in [-0.15, -0.1) is 0 Å². The fourth-order valence-corrected chi connectivity index (χ4v) is 4.65. The number of nitrogens with one attached hydrogen (secondary N) is 1. The standard InChI is InChI=1S/C29H26FNO4S/c1-3-36(33,34)26-13-10-21(11-14-26)17-29(32)31-24-12-15-27(22-7-4-6-20(2)16-22)28(19-24)35-25-9-5-8-23(30)18-25/h4-16,18-19H,3,17H2,1-2H3,(H,31,32). The molecule has 0 spiro atoms. The van der Waals surface area contributed by atoms with Crippen LogP contribution in [0.2, 0.25) is 0 Å². The van der Waals surface area contributed by atoms with Crippen LogP contribution in [0, 0.1) is 12.7 Å². The first-order chi connectivity index (χ1) is 17.2. The van der Waals surface area contributed by atoms with Crippen LogP contribution in [-0.4, -0.2) is 20.1 Å². The zero-order valence-corrected chi connectivity index (χ0v) is 20.8. The van der Waals surface area contributed by atoms with Crippen molar-refractivity contribution < 1.29 is 22.3 Å². The van der Waals surface area contributed by atoms with Crippen LogP contribution >= 0.6 is 0 Å². The number of rotatable bonds is 8. The van der Waals surface area contributed by atoms with Gasteiger partial charge in [-0.25, -0.2) is 12.8 Å². The Morgan fingerprint density at radius 1 is 0.917 bits per heavy atom. The highest BCUT2D eigenvalue weighted by molar-refractivity contribution is 7.91. The van der Waals surface area contributed by atoms with E-state index in [4.69, 9.17) is 4.74 Å². The molecule has 7 heteroatoms. The van der Waals surface area contributed by atoms with Gasteiger partial charge in [-0.3, -0.25) is 4.79 Å². The maximum absolute atomic E-state index is 13.7. The lowest BCUT2D eigenvalue weighted by Crippen LogP contribution is -2.14. The van der Waals surface area contributed by atoms with Gasteiger partial charge in [0, 0.05) is 23.4 Å². The summed E-state index contributed by atoms with van der Waals surface area (Å²) < 4.78 is 43.8. The monoisotopic (exact) mass is 503 g/mol. The third-order valence-electron chi connectivity index (χ3n) is 5.65. The lowest BCUT2D eigenvalue weighted by Gasteiger charge is -2.15. The third-order valence-corrected chi connectivity index (χ3v) is 7.40. The van der Waals surface area contributed by atoms with Gasteiger partial charge < -0.3 is 10.1 Å². The summed E-state index contributed by atoms with van der Waals surface area (Å²) in [6.45, 7) is 3.59. The van der Waals surface area contributed by atoms with E-state index in [1.165, 1.54) is 24.3 Å². The highest BCUT2D eigenvalue weighted by Crippen LogP contribution is 2.36.